The second-order valence-corrected chi connectivity index (χ2v) is 7.78. The summed E-state index contributed by atoms with van der Waals surface area (Å²) in [4.78, 5) is 20.3. The predicted molar refractivity (Wildman–Crippen MR) is 110 cm³/mol. The molecule has 0 fully saturated rings. The highest BCUT2D eigenvalue weighted by atomic mass is 32.1. The van der Waals surface area contributed by atoms with Crippen molar-refractivity contribution in [2.75, 3.05) is 12.5 Å². The Hall–Kier alpha value is -2.80. The number of aromatic nitrogens is 2. The molecule has 2 aromatic heterocycles. The number of allylic oxidation sites excluding steroid dienone is 1. The minimum absolute atomic E-state index is 0.0458. The fourth-order valence-corrected chi connectivity index (χ4v) is 4.67. The lowest BCUT2D eigenvalue weighted by atomic mass is 9.97. The normalized spacial score (nSPS) is 13.3. The number of anilines is 1. The van der Waals surface area contributed by atoms with Gasteiger partial charge in [0, 0.05) is 10.6 Å². The number of nitrogens with zero attached hydrogens (tertiary/aromatic N) is 2. The van der Waals surface area contributed by atoms with Crippen molar-refractivity contribution in [3.05, 3.63) is 57.3 Å². The molecule has 140 valence electrons. The first-order valence-corrected chi connectivity index (χ1v) is 9.79. The Labute approximate surface area is 161 Å². The van der Waals surface area contributed by atoms with Gasteiger partial charge in [0.2, 0.25) is 5.95 Å². The van der Waals surface area contributed by atoms with Crippen molar-refractivity contribution in [2.24, 2.45) is 0 Å². The van der Waals surface area contributed by atoms with E-state index in [0.717, 1.165) is 46.6 Å². The molecule has 4 rings (SSSR count). The number of thiophene rings is 1. The third-order valence-electron chi connectivity index (χ3n) is 4.71. The lowest BCUT2D eigenvalue weighted by molar-refractivity contribution is 0.414. The van der Waals surface area contributed by atoms with Crippen LogP contribution in [0.15, 0.2) is 41.3 Å². The Balaban J connectivity index is 1.94. The molecule has 2 N–H and O–H groups in total. The highest BCUT2D eigenvalue weighted by molar-refractivity contribution is 7.18. The Bertz CT molecular complexity index is 1070. The SMILES string of the molecule is C=C(C)NNc1nc2sc3c(c2c(=O)n1-c1ccc(OC)cc1)CCCC3. The molecular formula is C20H22N4O2S. The summed E-state index contributed by atoms with van der Waals surface area (Å²) in [5, 5.41) is 0.756. The Kier molecular flexibility index (Phi) is 4.61. The maximum absolute atomic E-state index is 13.5. The summed E-state index contributed by atoms with van der Waals surface area (Å²) in [6.07, 6.45) is 4.28. The molecule has 3 aromatic rings. The van der Waals surface area contributed by atoms with E-state index >= 15 is 0 Å². The molecule has 0 radical (unpaired) electrons. The van der Waals surface area contributed by atoms with Crippen LogP contribution in [0.5, 0.6) is 5.75 Å². The topological polar surface area (TPSA) is 68.2 Å². The van der Waals surface area contributed by atoms with Crippen molar-refractivity contribution in [2.45, 2.75) is 32.6 Å². The zero-order chi connectivity index (χ0) is 19.0. The van der Waals surface area contributed by atoms with Gasteiger partial charge in [0.05, 0.1) is 18.2 Å². The molecular weight excluding hydrogens is 360 g/mol. The van der Waals surface area contributed by atoms with Crippen LogP contribution in [-0.2, 0) is 12.8 Å². The van der Waals surface area contributed by atoms with Crippen molar-refractivity contribution < 1.29 is 4.74 Å². The maximum atomic E-state index is 13.5. The van der Waals surface area contributed by atoms with Gasteiger partial charge in [-0.3, -0.25) is 10.2 Å². The third kappa shape index (κ3) is 3.19. The molecule has 0 aliphatic heterocycles. The van der Waals surface area contributed by atoms with Gasteiger partial charge in [-0.25, -0.2) is 9.55 Å². The fourth-order valence-electron chi connectivity index (χ4n) is 3.42. The molecule has 0 saturated carbocycles. The van der Waals surface area contributed by atoms with Crippen LogP contribution in [0.3, 0.4) is 0 Å². The van der Waals surface area contributed by atoms with Crippen molar-refractivity contribution >= 4 is 27.5 Å². The molecule has 0 bridgehead atoms. The number of hydrogen-bond donors (Lipinski definition) is 2. The van der Waals surface area contributed by atoms with E-state index in [1.807, 2.05) is 31.2 Å². The van der Waals surface area contributed by atoms with Crippen LogP contribution in [0, 0.1) is 0 Å². The van der Waals surface area contributed by atoms with Gasteiger partial charge in [0.1, 0.15) is 10.6 Å². The summed E-state index contributed by atoms with van der Waals surface area (Å²) >= 11 is 1.64. The molecule has 7 heteroatoms. The molecule has 27 heavy (non-hydrogen) atoms. The minimum atomic E-state index is -0.0458. The van der Waals surface area contributed by atoms with E-state index in [-0.39, 0.29) is 5.56 Å². The van der Waals surface area contributed by atoms with Crippen LogP contribution in [0.4, 0.5) is 5.95 Å². The quantitative estimate of drug-likeness (QED) is 0.657. The van der Waals surface area contributed by atoms with Crippen LogP contribution >= 0.6 is 11.3 Å². The van der Waals surface area contributed by atoms with E-state index < -0.39 is 0 Å². The number of aryl methyl sites for hydroxylation is 2. The van der Waals surface area contributed by atoms with Crippen LogP contribution in [0.1, 0.15) is 30.2 Å². The summed E-state index contributed by atoms with van der Waals surface area (Å²) < 4.78 is 6.85. The number of benzene rings is 1. The van der Waals surface area contributed by atoms with Gasteiger partial charge in [0.25, 0.3) is 5.56 Å². The van der Waals surface area contributed by atoms with Gasteiger partial charge in [0.15, 0.2) is 0 Å². The lowest BCUT2D eigenvalue weighted by Gasteiger charge is -2.16. The third-order valence-corrected chi connectivity index (χ3v) is 5.89. The number of ether oxygens (including phenoxy) is 1. The Morgan fingerprint density at radius 1 is 1.26 bits per heavy atom. The molecule has 0 spiro atoms. The summed E-state index contributed by atoms with van der Waals surface area (Å²) in [6.45, 7) is 5.67. The van der Waals surface area contributed by atoms with Gasteiger partial charge in [-0.2, -0.15) is 0 Å². The fraction of sp³-hybridized carbons (Fsp3) is 0.300. The lowest BCUT2D eigenvalue weighted by Crippen LogP contribution is -2.29. The van der Waals surface area contributed by atoms with Crippen molar-refractivity contribution in [1.29, 1.82) is 0 Å². The largest absolute Gasteiger partial charge is 0.497 e. The second-order valence-electron chi connectivity index (χ2n) is 6.70. The number of hydrazine groups is 1. The average Bonchev–Trinajstić information content (AvgIpc) is 3.05. The molecule has 1 aliphatic carbocycles. The summed E-state index contributed by atoms with van der Waals surface area (Å²) in [7, 11) is 1.62. The first kappa shape index (κ1) is 17.6. The van der Waals surface area contributed by atoms with Crippen LogP contribution in [-0.4, -0.2) is 16.7 Å². The molecule has 0 unspecified atom stereocenters. The minimum Gasteiger partial charge on any atom is -0.497 e. The number of nitrogens with one attached hydrogen (secondary N) is 2. The van der Waals surface area contributed by atoms with Gasteiger partial charge in [-0.1, -0.05) is 6.58 Å². The Morgan fingerprint density at radius 2 is 2.00 bits per heavy atom. The smallest absolute Gasteiger partial charge is 0.268 e. The zero-order valence-electron chi connectivity index (χ0n) is 15.5. The number of fused-ring (bicyclic) bond motifs is 3. The number of methoxy groups -OCH3 is 1. The molecule has 0 saturated heterocycles. The highest BCUT2D eigenvalue weighted by Crippen LogP contribution is 2.34. The highest BCUT2D eigenvalue weighted by Gasteiger charge is 2.22. The standard InChI is InChI=1S/C20H22N4O2S/c1-12(2)22-23-20-21-18-17(15-6-4-5-7-16(15)27-18)19(25)24(20)13-8-10-14(26-3)11-9-13/h8-11,22H,1,4-7H2,2-3H3,(H,21,23). The van der Waals surface area contributed by atoms with E-state index in [0.29, 0.717) is 5.95 Å². The van der Waals surface area contributed by atoms with E-state index in [9.17, 15) is 4.79 Å². The van der Waals surface area contributed by atoms with Gasteiger partial charge in [-0.15, -0.1) is 11.3 Å². The summed E-state index contributed by atoms with van der Waals surface area (Å²) in [5.74, 6) is 1.18. The van der Waals surface area contributed by atoms with Gasteiger partial charge >= 0.3 is 0 Å². The van der Waals surface area contributed by atoms with Crippen molar-refractivity contribution in [1.82, 2.24) is 15.0 Å². The summed E-state index contributed by atoms with van der Waals surface area (Å²) in [5.41, 5.74) is 8.59. The van der Waals surface area contributed by atoms with Crippen molar-refractivity contribution in [3.8, 4) is 11.4 Å². The van der Waals surface area contributed by atoms with E-state index in [4.69, 9.17) is 9.72 Å². The number of hydrogen-bond acceptors (Lipinski definition) is 6. The molecule has 1 aromatic carbocycles. The molecule has 6 nitrogen and oxygen atoms in total. The average molecular weight is 382 g/mol. The first-order chi connectivity index (χ1) is 13.1. The van der Waals surface area contributed by atoms with E-state index in [1.165, 1.54) is 16.9 Å². The van der Waals surface area contributed by atoms with E-state index in [2.05, 4.69) is 17.4 Å². The predicted octanol–water partition coefficient (Wildman–Crippen LogP) is 3.78. The van der Waals surface area contributed by atoms with Gasteiger partial charge < -0.3 is 10.2 Å². The van der Waals surface area contributed by atoms with Crippen LogP contribution in [0.2, 0.25) is 0 Å². The van der Waals surface area contributed by atoms with Crippen molar-refractivity contribution in [3.63, 3.8) is 0 Å². The van der Waals surface area contributed by atoms with Crippen LogP contribution in [0.25, 0.3) is 15.9 Å². The van der Waals surface area contributed by atoms with E-state index in [1.54, 1.807) is 23.0 Å². The Morgan fingerprint density at radius 3 is 2.70 bits per heavy atom. The first-order valence-electron chi connectivity index (χ1n) is 8.97. The monoisotopic (exact) mass is 382 g/mol. The molecule has 1 aliphatic rings. The summed E-state index contributed by atoms with van der Waals surface area (Å²) in [6, 6.07) is 7.40. The van der Waals surface area contributed by atoms with Crippen LogP contribution < -0.4 is 21.1 Å². The molecule has 2 heterocycles. The molecule has 0 amide bonds. The second kappa shape index (κ2) is 7.08. The number of rotatable bonds is 5. The molecule has 0 atom stereocenters. The maximum Gasteiger partial charge on any atom is 0.268 e. The zero-order valence-corrected chi connectivity index (χ0v) is 16.3. The van der Waals surface area contributed by atoms with Gasteiger partial charge in [-0.05, 0) is 62.4 Å².